The Morgan fingerprint density at radius 3 is 2.88 bits per heavy atom. The number of anilines is 1. The second kappa shape index (κ2) is 6.26. The van der Waals surface area contributed by atoms with Gasteiger partial charge in [-0.1, -0.05) is 35.9 Å². The predicted octanol–water partition coefficient (Wildman–Crippen LogP) is 4.01. The van der Waals surface area contributed by atoms with E-state index in [1.54, 1.807) is 13.4 Å². The maximum absolute atomic E-state index is 12.3. The Kier molecular flexibility index (Phi) is 3.93. The smallest absolute Gasteiger partial charge is 0.226 e. The van der Waals surface area contributed by atoms with Gasteiger partial charge in [0.15, 0.2) is 0 Å². The zero-order chi connectivity index (χ0) is 17.4. The molecule has 6 heteroatoms. The van der Waals surface area contributed by atoms with Crippen LogP contribution in [-0.2, 0) is 4.79 Å². The van der Waals surface area contributed by atoms with Crippen molar-refractivity contribution in [3.05, 3.63) is 71.1 Å². The summed E-state index contributed by atoms with van der Waals surface area (Å²) in [6, 6.07) is 15.2. The molecule has 2 heterocycles. The zero-order valence-electron chi connectivity index (χ0n) is 13.6. The first kappa shape index (κ1) is 15.7. The van der Waals surface area contributed by atoms with Gasteiger partial charge >= 0.3 is 0 Å². The van der Waals surface area contributed by atoms with Crippen LogP contribution in [0.25, 0.3) is 5.69 Å². The Bertz CT molecular complexity index is 951. The molecule has 0 saturated carbocycles. The number of nitrogens with zero attached hydrogens (tertiary/aromatic N) is 2. The quantitative estimate of drug-likeness (QED) is 0.774. The van der Waals surface area contributed by atoms with E-state index in [9.17, 15) is 4.79 Å². The first-order valence-corrected chi connectivity index (χ1v) is 8.31. The first-order valence-electron chi connectivity index (χ1n) is 7.93. The number of carbonyl (C=O) groups excluding carboxylic acids is 1. The number of aromatic nitrogens is 2. The molecule has 1 atom stereocenters. The molecule has 0 unspecified atom stereocenters. The van der Waals surface area contributed by atoms with Crippen molar-refractivity contribution >= 4 is 23.3 Å². The summed E-state index contributed by atoms with van der Waals surface area (Å²) >= 11 is 6.10. The van der Waals surface area contributed by atoms with E-state index in [1.807, 2.05) is 53.1 Å². The van der Waals surface area contributed by atoms with Crippen molar-refractivity contribution < 1.29 is 9.53 Å². The second-order valence-corrected chi connectivity index (χ2v) is 6.31. The summed E-state index contributed by atoms with van der Waals surface area (Å²) < 4.78 is 7.32. The van der Waals surface area contributed by atoms with Crippen LogP contribution in [0.1, 0.15) is 23.6 Å². The van der Waals surface area contributed by atoms with Crippen molar-refractivity contribution in [2.24, 2.45) is 0 Å². The number of imidazole rings is 1. The third-order valence-corrected chi connectivity index (χ3v) is 4.61. The van der Waals surface area contributed by atoms with E-state index in [2.05, 4.69) is 10.3 Å². The Morgan fingerprint density at radius 2 is 2.08 bits per heavy atom. The lowest BCUT2D eigenvalue weighted by Crippen LogP contribution is -2.25. The minimum atomic E-state index is -0.152. The molecule has 0 fully saturated rings. The molecule has 5 nitrogen and oxygen atoms in total. The molecular formula is C19H16ClN3O2. The molecule has 25 heavy (non-hydrogen) atoms. The van der Waals surface area contributed by atoms with Crippen LogP contribution in [0.5, 0.6) is 5.75 Å². The van der Waals surface area contributed by atoms with E-state index in [1.165, 1.54) is 0 Å². The minimum Gasteiger partial charge on any atom is -0.496 e. The van der Waals surface area contributed by atoms with Gasteiger partial charge in [0, 0.05) is 28.6 Å². The Hall–Kier alpha value is -2.79. The van der Waals surface area contributed by atoms with Crippen LogP contribution < -0.4 is 10.1 Å². The minimum absolute atomic E-state index is 0.0489. The lowest BCUT2D eigenvalue weighted by Gasteiger charge is -2.24. The fourth-order valence-electron chi connectivity index (χ4n) is 3.24. The summed E-state index contributed by atoms with van der Waals surface area (Å²) in [5.74, 6) is 1.23. The number of nitrogens with one attached hydrogen (secondary N) is 1. The van der Waals surface area contributed by atoms with Crippen LogP contribution in [0.2, 0.25) is 5.02 Å². The number of hydrogen-bond donors (Lipinski definition) is 1. The molecule has 1 amide bonds. The molecule has 4 rings (SSSR count). The van der Waals surface area contributed by atoms with Gasteiger partial charge in [0.25, 0.3) is 0 Å². The SMILES string of the molecule is COc1ccccc1[C@H]1CC(=O)Nc2c1ncn2-c1cccc(Cl)c1. The third-order valence-electron chi connectivity index (χ3n) is 4.37. The average Bonchev–Trinajstić information content (AvgIpc) is 3.04. The van der Waals surface area contributed by atoms with Crippen molar-refractivity contribution in [1.82, 2.24) is 9.55 Å². The summed E-state index contributed by atoms with van der Waals surface area (Å²) in [4.78, 5) is 16.9. The first-order chi connectivity index (χ1) is 12.2. The number of methoxy groups -OCH3 is 1. The fourth-order valence-corrected chi connectivity index (χ4v) is 3.42. The number of halogens is 1. The number of para-hydroxylation sites is 1. The summed E-state index contributed by atoms with van der Waals surface area (Å²) in [5.41, 5.74) is 2.63. The summed E-state index contributed by atoms with van der Waals surface area (Å²) in [7, 11) is 1.63. The highest BCUT2D eigenvalue weighted by Gasteiger charge is 2.32. The van der Waals surface area contributed by atoms with Crippen LogP contribution in [0.4, 0.5) is 5.82 Å². The summed E-state index contributed by atoms with van der Waals surface area (Å²) in [6.07, 6.45) is 2.05. The zero-order valence-corrected chi connectivity index (χ0v) is 14.3. The standard InChI is InChI=1S/C19H16ClN3O2/c1-25-16-8-3-2-7-14(16)15-10-17(24)22-19-18(15)21-11-23(19)13-6-4-5-12(20)9-13/h2-9,11,15H,10H2,1H3,(H,22,24)/t15-/m1/s1. The summed E-state index contributed by atoms with van der Waals surface area (Å²) in [6.45, 7) is 0. The second-order valence-electron chi connectivity index (χ2n) is 5.88. The van der Waals surface area contributed by atoms with Gasteiger partial charge in [-0.25, -0.2) is 4.98 Å². The van der Waals surface area contributed by atoms with Gasteiger partial charge in [0.2, 0.25) is 5.91 Å². The number of hydrogen-bond acceptors (Lipinski definition) is 3. The largest absolute Gasteiger partial charge is 0.496 e. The van der Waals surface area contributed by atoms with Crippen molar-refractivity contribution in [2.75, 3.05) is 12.4 Å². The van der Waals surface area contributed by atoms with Crippen molar-refractivity contribution in [2.45, 2.75) is 12.3 Å². The van der Waals surface area contributed by atoms with Crippen molar-refractivity contribution in [1.29, 1.82) is 0 Å². The van der Waals surface area contributed by atoms with E-state index in [-0.39, 0.29) is 11.8 Å². The molecule has 0 bridgehead atoms. The number of fused-ring (bicyclic) bond motifs is 1. The van der Waals surface area contributed by atoms with Gasteiger partial charge in [0.05, 0.1) is 12.8 Å². The molecular weight excluding hydrogens is 338 g/mol. The van der Waals surface area contributed by atoms with Crippen LogP contribution in [0.15, 0.2) is 54.9 Å². The van der Waals surface area contributed by atoms with Crippen LogP contribution in [0, 0.1) is 0 Å². The number of rotatable bonds is 3. The molecule has 2 aromatic carbocycles. The number of amides is 1. The lowest BCUT2D eigenvalue weighted by atomic mass is 9.89. The van der Waals surface area contributed by atoms with Gasteiger partial charge in [-0.3, -0.25) is 9.36 Å². The van der Waals surface area contributed by atoms with Crippen LogP contribution in [0.3, 0.4) is 0 Å². The Morgan fingerprint density at radius 1 is 1.24 bits per heavy atom. The molecule has 1 aliphatic heterocycles. The molecule has 126 valence electrons. The average molecular weight is 354 g/mol. The molecule has 1 N–H and O–H groups in total. The van der Waals surface area contributed by atoms with E-state index in [0.717, 1.165) is 22.7 Å². The molecule has 3 aromatic rings. The molecule has 1 aliphatic rings. The van der Waals surface area contributed by atoms with E-state index >= 15 is 0 Å². The maximum atomic E-state index is 12.3. The highest BCUT2D eigenvalue weighted by atomic mass is 35.5. The lowest BCUT2D eigenvalue weighted by molar-refractivity contribution is -0.116. The molecule has 1 aromatic heterocycles. The van der Waals surface area contributed by atoms with Gasteiger partial charge in [-0.15, -0.1) is 0 Å². The third kappa shape index (κ3) is 2.76. The topological polar surface area (TPSA) is 56.1 Å². The number of benzene rings is 2. The monoisotopic (exact) mass is 353 g/mol. The maximum Gasteiger partial charge on any atom is 0.226 e. The van der Waals surface area contributed by atoms with Gasteiger partial charge in [-0.2, -0.15) is 0 Å². The van der Waals surface area contributed by atoms with E-state index in [4.69, 9.17) is 16.3 Å². The number of carbonyl (C=O) groups is 1. The fraction of sp³-hybridized carbons (Fsp3) is 0.158. The van der Waals surface area contributed by atoms with Crippen LogP contribution >= 0.6 is 11.6 Å². The van der Waals surface area contributed by atoms with Gasteiger partial charge in [0.1, 0.15) is 17.9 Å². The molecule has 0 saturated heterocycles. The Labute approximate surface area is 150 Å². The predicted molar refractivity (Wildman–Crippen MR) is 96.7 cm³/mol. The normalized spacial score (nSPS) is 16.2. The highest BCUT2D eigenvalue weighted by Crippen LogP contribution is 2.40. The van der Waals surface area contributed by atoms with Crippen LogP contribution in [-0.4, -0.2) is 22.6 Å². The Balaban J connectivity index is 1.84. The van der Waals surface area contributed by atoms with Gasteiger partial charge < -0.3 is 10.1 Å². The van der Waals surface area contributed by atoms with E-state index < -0.39 is 0 Å². The summed E-state index contributed by atoms with van der Waals surface area (Å²) in [5, 5.41) is 3.57. The molecule has 0 aliphatic carbocycles. The van der Waals surface area contributed by atoms with Crippen molar-refractivity contribution in [3.63, 3.8) is 0 Å². The molecule has 0 radical (unpaired) electrons. The van der Waals surface area contributed by atoms with Crippen molar-refractivity contribution in [3.8, 4) is 11.4 Å². The molecule has 0 spiro atoms. The van der Waals surface area contributed by atoms with Gasteiger partial charge in [-0.05, 0) is 24.3 Å². The van der Waals surface area contributed by atoms with E-state index in [0.29, 0.717) is 17.3 Å². The number of ether oxygens (including phenoxy) is 1. The highest BCUT2D eigenvalue weighted by molar-refractivity contribution is 6.30.